The zero-order valence-electron chi connectivity index (χ0n) is 13.1. The summed E-state index contributed by atoms with van der Waals surface area (Å²) in [5.41, 5.74) is 0.00615. The van der Waals surface area contributed by atoms with E-state index in [1.54, 1.807) is 6.92 Å². The lowest BCUT2D eigenvalue weighted by Gasteiger charge is -2.14. The molecular formula is C17H16O7. The van der Waals surface area contributed by atoms with Gasteiger partial charge in [0.25, 0.3) is 0 Å². The zero-order valence-corrected chi connectivity index (χ0v) is 13.1. The summed E-state index contributed by atoms with van der Waals surface area (Å²) in [5.74, 6) is -1.25. The topological polar surface area (TPSA) is 102 Å². The molecule has 7 heteroatoms. The van der Waals surface area contributed by atoms with Crippen molar-refractivity contribution in [3.63, 3.8) is 0 Å². The van der Waals surface area contributed by atoms with Crippen LogP contribution >= 0.6 is 0 Å². The average Bonchev–Trinajstić information content (AvgIpc) is 2.56. The van der Waals surface area contributed by atoms with Crippen molar-refractivity contribution in [2.75, 3.05) is 13.7 Å². The van der Waals surface area contributed by atoms with E-state index in [0.29, 0.717) is 23.9 Å². The number of hydrogen-bond acceptors (Lipinski definition) is 5. The minimum absolute atomic E-state index is 0.0610. The number of hydrogen-bond donors (Lipinski definition) is 2. The maximum absolute atomic E-state index is 11.5. The second-order valence-corrected chi connectivity index (χ2v) is 4.67. The van der Waals surface area contributed by atoms with Gasteiger partial charge in [-0.05, 0) is 31.2 Å². The van der Waals surface area contributed by atoms with Gasteiger partial charge in [-0.1, -0.05) is 0 Å². The van der Waals surface area contributed by atoms with Crippen LogP contribution in [-0.4, -0.2) is 35.9 Å². The molecule has 0 fully saturated rings. The van der Waals surface area contributed by atoms with Crippen LogP contribution in [0.25, 0.3) is 0 Å². The number of methoxy groups -OCH3 is 1. The third-order valence-electron chi connectivity index (χ3n) is 3.13. The number of carbonyl (C=O) groups is 2. The van der Waals surface area contributed by atoms with Crippen molar-refractivity contribution in [2.45, 2.75) is 6.92 Å². The van der Waals surface area contributed by atoms with E-state index >= 15 is 0 Å². The second kappa shape index (κ2) is 7.36. The van der Waals surface area contributed by atoms with Gasteiger partial charge in [0.15, 0.2) is 11.5 Å². The quantitative estimate of drug-likeness (QED) is 0.802. The normalized spacial score (nSPS) is 10.1. The summed E-state index contributed by atoms with van der Waals surface area (Å²) in [4.78, 5) is 22.3. The van der Waals surface area contributed by atoms with E-state index in [-0.39, 0.29) is 16.9 Å². The van der Waals surface area contributed by atoms with Crippen LogP contribution in [0, 0.1) is 0 Å². The largest absolute Gasteiger partial charge is 0.493 e. The van der Waals surface area contributed by atoms with Crippen LogP contribution in [0.3, 0.4) is 0 Å². The van der Waals surface area contributed by atoms with Crippen molar-refractivity contribution in [1.29, 1.82) is 0 Å². The molecule has 0 unspecified atom stereocenters. The van der Waals surface area contributed by atoms with Crippen molar-refractivity contribution < 1.29 is 34.0 Å². The van der Waals surface area contributed by atoms with Gasteiger partial charge in [0, 0.05) is 12.1 Å². The van der Waals surface area contributed by atoms with Crippen LogP contribution in [0.1, 0.15) is 27.6 Å². The summed E-state index contributed by atoms with van der Waals surface area (Å²) in [5, 5.41) is 18.2. The fourth-order valence-corrected chi connectivity index (χ4v) is 2.01. The van der Waals surface area contributed by atoms with E-state index in [1.165, 1.54) is 43.5 Å². The minimum atomic E-state index is -1.18. The van der Waals surface area contributed by atoms with Gasteiger partial charge < -0.3 is 24.4 Å². The van der Waals surface area contributed by atoms with Crippen LogP contribution in [0.15, 0.2) is 36.4 Å². The van der Waals surface area contributed by atoms with E-state index in [9.17, 15) is 14.7 Å². The van der Waals surface area contributed by atoms with E-state index in [0.717, 1.165) is 0 Å². The summed E-state index contributed by atoms with van der Waals surface area (Å²) < 4.78 is 16.1. The lowest BCUT2D eigenvalue weighted by atomic mass is 10.1. The molecule has 0 bridgehead atoms. The first-order valence-corrected chi connectivity index (χ1v) is 7.05. The molecule has 0 aliphatic heterocycles. The number of ether oxygens (including phenoxy) is 3. The van der Waals surface area contributed by atoms with Gasteiger partial charge in [-0.3, -0.25) is 0 Å². The third kappa shape index (κ3) is 3.75. The molecule has 0 spiro atoms. The average molecular weight is 332 g/mol. The molecular weight excluding hydrogens is 316 g/mol. The lowest BCUT2D eigenvalue weighted by molar-refractivity contribution is 0.0684. The van der Waals surface area contributed by atoms with E-state index in [1.807, 2.05) is 0 Å². The summed E-state index contributed by atoms with van der Waals surface area (Å²) in [6.45, 7) is 2.13. The molecule has 0 atom stereocenters. The number of aromatic carboxylic acids is 2. The Kier molecular flexibility index (Phi) is 5.26. The highest BCUT2D eigenvalue weighted by Crippen LogP contribution is 2.37. The highest BCUT2D eigenvalue weighted by atomic mass is 16.5. The molecule has 0 heterocycles. The number of benzene rings is 2. The first-order valence-electron chi connectivity index (χ1n) is 7.05. The molecule has 2 aromatic carbocycles. The molecule has 2 N–H and O–H groups in total. The molecule has 0 radical (unpaired) electrons. The predicted molar refractivity (Wildman–Crippen MR) is 84.6 cm³/mol. The fourth-order valence-electron chi connectivity index (χ4n) is 2.01. The highest BCUT2D eigenvalue weighted by Gasteiger charge is 2.18. The molecule has 2 aromatic rings. The Morgan fingerprint density at radius 2 is 1.62 bits per heavy atom. The summed E-state index contributed by atoms with van der Waals surface area (Å²) in [7, 11) is 1.43. The van der Waals surface area contributed by atoms with Crippen LogP contribution < -0.4 is 14.2 Å². The summed E-state index contributed by atoms with van der Waals surface area (Å²) >= 11 is 0. The monoisotopic (exact) mass is 332 g/mol. The molecule has 2 rings (SSSR count). The molecule has 0 amide bonds. The minimum Gasteiger partial charge on any atom is -0.493 e. The Labute approximate surface area is 138 Å². The molecule has 126 valence electrons. The van der Waals surface area contributed by atoms with Crippen LogP contribution in [0.4, 0.5) is 0 Å². The van der Waals surface area contributed by atoms with Crippen molar-refractivity contribution in [3.05, 3.63) is 47.5 Å². The van der Waals surface area contributed by atoms with Crippen molar-refractivity contribution in [2.24, 2.45) is 0 Å². The van der Waals surface area contributed by atoms with E-state index in [4.69, 9.17) is 19.3 Å². The van der Waals surface area contributed by atoms with Gasteiger partial charge in [-0.15, -0.1) is 0 Å². The fraction of sp³-hybridized carbons (Fsp3) is 0.176. The molecule has 0 saturated heterocycles. The Morgan fingerprint density at radius 3 is 2.12 bits per heavy atom. The Morgan fingerprint density at radius 1 is 0.958 bits per heavy atom. The van der Waals surface area contributed by atoms with Gasteiger partial charge in [-0.2, -0.15) is 0 Å². The lowest BCUT2D eigenvalue weighted by Crippen LogP contribution is -2.04. The summed E-state index contributed by atoms with van der Waals surface area (Å²) in [6.07, 6.45) is 0. The first-order chi connectivity index (χ1) is 11.5. The van der Waals surface area contributed by atoms with Gasteiger partial charge >= 0.3 is 11.9 Å². The van der Waals surface area contributed by atoms with Gasteiger partial charge in [-0.25, -0.2) is 9.59 Å². The molecule has 0 saturated carbocycles. The predicted octanol–water partition coefficient (Wildman–Crippen LogP) is 3.28. The SMILES string of the molecule is CCOc1cc(C(=O)O)c(Oc2ccc(C(=O)O)cc2)cc1OC. The molecule has 24 heavy (non-hydrogen) atoms. The number of carboxylic acids is 2. The van der Waals surface area contributed by atoms with Crippen molar-refractivity contribution in [3.8, 4) is 23.0 Å². The Bertz CT molecular complexity index is 750. The van der Waals surface area contributed by atoms with Gasteiger partial charge in [0.2, 0.25) is 0 Å². The molecule has 0 aromatic heterocycles. The van der Waals surface area contributed by atoms with Crippen molar-refractivity contribution >= 4 is 11.9 Å². The molecule has 7 nitrogen and oxygen atoms in total. The van der Waals surface area contributed by atoms with Crippen LogP contribution in [0.5, 0.6) is 23.0 Å². The number of rotatable bonds is 7. The smallest absolute Gasteiger partial charge is 0.339 e. The third-order valence-corrected chi connectivity index (χ3v) is 3.13. The van der Waals surface area contributed by atoms with Gasteiger partial charge in [0.05, 0.1) is 19.3 Å². The van der Waals surface area contributed by atoms with Crippen LogP contribution in [-0.2, 0) is 0 Å². The van der Waals surface area contributed by atoms with Crippen LogP contribution in [0.2, 0.25) is 0 Å². The van der Waals surface area contributed by atoms with E-state index < -0.39 is 11.9 Å². The standard InChI is InChI=1S/C17H16O7/c1-3-23-15-8-12(17(20)21)13(9-14(15)22-2)24-11-6-4-10(5-7-11)16(18)19/h4-9H,3H2,1-2H3,(H,18,19)(H,20,21). The molecule has 0 aliphatic carbocycles. The second-order valence-electron chi connectivity index (χ2n) is 4.67. The molecule has 0 aliphatic rings. The zero-order chi connectivity index (χ0) is 17.7. The number of carboxylic acid groups (broad SMARTS) is 2. The maximum Gasteiger partial charge on any atom is 0.339 e. The van der Waals surface area contributed by atoms with Crippen molar-refractivity contribution in [1.82, 2.24) is 0 Å². The highest BCUT2D eigenvalue weighted by molar-refractivity contribution is 5.92. The summed E-state index contributed by atoms with van der Waals surface area (Å²) in [6, 6.07) is 8.36. The first kappa shape index (κ1) is 17.1. The Hall–Kier alpha value is -3.22. The maximum atomic E-state index is 11.5. The van der Waals surface area contributed by atoms with E-state index in [2.05, 4.69) is 0 Å². The Balaban J connectivity index is 2.40. The van der Waals surface area contributed by atoms with Gasteiger partial charge in [0.1, 0.15) is 17.1 Å².